The van der Waals surface area contributed by atoms with E-state index in [4.69, 9.17) is 0 Å². The van der Waals surface area contributed by atoms with E-state index in [1.807, 2.05) is 37.8 Å². The Morgan fingerprint density at radius 1 is 1.10 bits per heavy atom. The molecular formula is C24H32N4O2S. The van der Waals surface area contributed by atoms with Gasteiger partial charge >= 0.3 is 0 Å². The summed E-state index contributed by atoms with van der Waals surface area (Å²) in [6.07, 6.45) is 1.73. The molecule has 0 spiro atoms. The molecule has 0 radical (unpaired) electrons. The fourth-order valence-electron chi connectivity index (χ4n) is 3.50. The van der Waals surface area contributed by atoms with E-state index >= 15 is 0 Å². The van der Waals surface area contributed by atoms with E-state index in [2.05, 4.69) is 47.2 Å². The van der Waals surface area contributed by atoms with E-state index in [9.17, 15) is 9.59 Å². The van der Waals surface area contributed by atoms with Gasteiger partial charge in [0, 0.05) is 42.8 Å². The molecule has 0 unspecified atom stereocenters. The Kier molecular flexibility index (Phi) is 7.38. The third-order valence-corrected chi connectivity index (χ3v) is 6.27. The van der Waals surface area contributed by atoms with Crippen LogP contribution in [0.4, 0.5) is 0 Å². The highest BCUT2D eigenvalue weighted by Gasteiger charge is 2.26. The molecule has 2 aromatic rings. The number of aromatic nitrogens is 1. The molecular weight excluding hydrogens is 408 g/mol. The van der Waals surface area contributed by atoms with Gasteiger partial charge in [-0.3, -0.25) is 14.5 Å². The van der Waals surface area contributed by atoms with Crippen LogP contribution >= 0.6 is 11.8 Å². The lowest BCUT2D eigenvalue weighted by Gasteiger charge is -2.35. The number of carbonyl (C=O) groups excluding carboxylic acids is 2. The van der Waals surface area contributed by atoms with Gasteiger partial charge in [0.2, 0.25) is 5.91 Å². The molecule has 1 aliphatic heterocycles. The zero-order valence-electron chi connectivity index (χ0n) is 19.1. The van der Waals surface area contributed by atoms with Crippen molar-refractivity contribution in [1.29, 1.82) is 0 Å². The summed E-state index contributed by atoms with van der Waals surface area (Å²) in [4.78, 5) is 35.0. The van der Waals surface area contributed by atoms with Gasteiger partial charge in [-0.15, -0.1) is 0 Å². The van der Waals surface area contributed by atoms with Crippen LogP contribution in [0.1, 0.15) is 42.3 Å². The first-order chi connectivity index (χ1) is 14.6. The van der Waals surface area contributed by atoms with Gasteiger partial charge in [-0.2, -0.15) is 0 Å². The second kappa shape index (κ2) is 9.83. The number of pyridine rings is 1. The molecule has 1 saturated heterocycles. The first kappa shape index (κ1) is 23.3. The molecule has 1 fully saturated rings. The molecule has 3 rings (SSSR count). The minimum absolute atomic E-state index is 0.000279. The van der Waals surface area contributed by atoms with Crippen molar-refractivity contribution in [2.75, 3.05) is 32.7 Å². The molecule has 31 heavy (non-hydrogen) atoms. The fraction of sp³-hybridized carbons (Fsp3) is 0.458. The van der Waals surface area contributed by atoms with Crippen LogP contribution in [-0.4, -0.2) is 64.9 Å². The van der Waals surface area contributed by atoms with E-state index in [1.54, 1.807) is 6.20 Å². The molecule has 1 aliphatic rings. The summed E-state index contributed by atoms with van der Waals surface area (Å²) in [5.74, 6) is 0.0199. The summed E-state index contributed by atoms with van der Waals surface area (Å²) in [6, 6.07) is 9.98. The van der Waals surface area contributed by atoms with E-state index in [1.165, 1.54) is 22.9 Å². The number of hydrogen-bond acceptors (Lipinski definition) is 5. The zero-order valence-corrected chi connectivity index (χ0v) is 19.9. The van der Waals surface area contributed by atoms with Gasteiger partial charge in [0.25, 0.3) is 5.91 Å². The third kappa shape index (κ3) is 6.55. The van der Waals surface area contributed by atoms with Gasteiger partial charge in [-0.05, 0) is 63.9 Å². The molecule has 0 bridgehead atoms. The maximum Gasteiger partial charge on any atom is 0.256 e. The molecule has 0 atom stereocenters. The van der Waals surface area contributed by atoms with Crippen molar-refractivity contribution in [2.45, 2.75) is 50.1 Å². The Bertz CT molecular complexity index is 947. The van der Waals surface area contributed by atoms with E-state index in [0.29, 0.717) is 38.3 Å². The van der Waals surface area contributed by atoms with Crippen LogP contribution in [0.25, 0.3) is 0 Å². The van der Waals surface area contributed by atoms with Crippen molar-refractivity contribution >= 4 is 23.6 Å². The Balaban J connectivity index is 1.64. The second-order valence-electron chi connectivity index (χ2n) is 9.09. The number of hydrogen-bond donors (Lipinski definition) is 1. The molecule has 1 aromatic carbocycles. The highest BCUT2D eigenvalue weighted by molar-refractivity contribution is 7.99. The zero-order chi connectivity index (χ0) is 22.6. The van der Waals surface area contributed by atoms with Crippen molar-refractivity contribution in [3.63, 3.8) is 0 Å². The predicted molar refractivity (Wildman–Crippen MR) is 125 cm³/mol. The van der Waals surface area contributed by atoms with Gasteiger partial charge in [0.15, 0.2) is 0 Å². The van der Waals surface area contributed by atoms with Gasteiger partial charge in [0.05, 0.1) is 12.1 Å². The minimum atomic E-state index is -0.237. The fourth-order valence-corrected chi connectivity index (χ4v) is 4.56. The minimum Gasteiger partial charge on any atom is -0.350 e. The Labute approximate surface area is 189 Å². The summed E-state index contributed by atoms with van der Waals surface area (Å²) in [5, 5.41) is 3.72. The molecule has 6 nitrogen and oxygen atoms in total. The molecule has 2 amide bonds. The summed E-state index contributed by atoms with van der Waals surface area (Å²) in [7, 11) is 0. The van der Waals surface area contributed by atoms with E-state index in [-0.39, 0.29) is 17.4 Å². The van der Waals surface area contributed by atoms with Crippen LogP contribution in [0, 0.1) is 13.8 Å². The van der Waals surface area contributed by atoms with Crippen molar-refractivity contribution in [3.05, 3.63) is 53.2 Å². The van der Waals surface area contributed by atoms with Crippen LogP contribution in [0.2, 0.25) is 0 Å². The Hall–Kier alpha value is -2.38. The Morgan fingerprint density at radius 2 is 1.81 bits per heavy atom. The summed E-state index contributed by atoms with van der Waals surface area (Å²) < 4.78 is 0. The van der Waals surface area contributed by atoms with Gasteiger partial charge < -0.3 is 10.2 Å². The largest absolute Gasteiger partial charge is 0.350 e. The molecule has 0 saturated carbocycles. The van der Waals surface area contributed by atoms with Crippen molar-refractivity contribution in [1.82, 2.24) is 20.1 Å². The average molecular weight is 441 g/mol. The van der Waals surface area contributed by atoms with Crippen LogP contribution < -0.4 is 5.32 Å². The lowest BCUT2D eigenvalue weighted by atomic mass is 10.1. The number of rotatable bonds is 5. The van der Waals surface area contributed by atoms with Gasteiger partial charge in [-0.1, -0.05) is 23.9 Å². The molecule has 1 N–H and O–H groups in total. The van der Waals surface area contributed by atoms with Gasteiger partial charge in [0.1, 0.15) is 5.03 Å². The SMILES string of the molecule is Cc1ccc(C)c(Sc2ncccc2C(=O)N2CCN(CC(=O)NC(C)(C)C)CC2)c1. The number of benzene rings is 1. The second-order valence-corrected chi connectivity index (χ2v) is 10.1. The van der Waals surface area contributed by atoms with Crippen molar-refractivity contribution in [3.8, 4) is 0 Å². The first-order valence-electron chi connectivity index (χ1n) is 10.6. The number of amides is 2. The quantitative estimate of drug-likeness (QED) is 0.771. The average Bonchev–Trinajstić information content (AvgIpc) is 2.70. The molecule has 1 aromatic heterocycles. The standard InChI is InChI=1S/C24H32N4O2S/c1-17-8-9-18(2)20(15-17)31-22-19(7-6-10-25-22)23(30)28-13-11-27(12-14-28)16-21(29)26-24(3,4)5/h6-10,15H,11-14,16H2,1-5H3,(H,26,29). The summed E-state index contributed by atoms with van der Waals surface area (Å²) in [5.41, 5.74) is 2.75. The summed E-state index contributed by atoms with van der Waals surface area (Å²) in [6.45, 7) is 13.0. The van der Waals surface area contributed by atoms with Crippen molar-refractivity contribution < 1.29 is 9.59 Å². The maximum atomic E-state index is 13.3. The highest BCUT2D eigenvalue weighted by Crippen LogP contribution is 2.32. The number of piperazine rings is 1. The number of aryl methyl sites for hydroxylation is 2. The van der Waals surface area contributed by atoms with E-state index < -0.39 is 0 Å². The maximum absolute atomic E-state index is 13.3. The predicted octanol–water partition coefficient (Wildman–Crippen LogP) is 3.52. The molecule has 0 aliphatic carbocycles. The number of carbonyl (C=O) groups is 2. The van der Waals surface area contributed by atoms with Gasteiger partial charge in [-0.25, -0.2) is 4.98 Å². The smallest absolute Gasteiger partial charge is 0.256 e. The molecule has 2 heterocycles. The third-order valence-electron chi connectivity index (χ3n) is 5.09. The molecule has 7 heteroatoms. The van der Waals surface area contributed by atoms with E-state index in [0.717, 1.165) is 9.92 Å². The number of nitrogens with one attached hydrogen (secondary N) is 1. The van der Waals surface area contributed by atoms with Crippen LogP contribution in [0.3, 0.4) is 0 Å². The van der Waals surface area contributed by atoms with Crippen LogP contribution in [-0.2, 0) is 4.79 Å². The van der Waals surface area contributed by atoms with Crippen molar-refractivity contribution in [2.24, 2.45) is 0 Å². The highest BCUT2D eigenvalue weighted by atomic mass is 32.2. The Morgan fingerprint density at radius 3 is 2.48 bits per heavy atom. The monoisotopic (exact) mass is 440 g/mol. The van der Waals surface area contributed by atoms with Crippen LogP contribution in [0.15, 0.2) is 46.5 Å². The lowest BCUT2D eigenvalue weighted by Crippen LogP contribution is -2.52. The topological polar surface area (TPSA) is 65.5 Å². The lowest BCUT2D eigenvalue weighted by molar-refractivity contribution is -0.124. The number of nitrogens with zero attached hydrogens (tertiary/aromatic N) is 3. The normalized spacial score (nSPS) is 15.1. The summed E-state index contributed by atoms with van der Waals surface area (Å²) >= 11 is 1.54. The molecule has 166 valence electrons. The van der Waals surface area contributed by atoms with Crippen LogP contribution in [0.5, 0.6) is 0 Å². The first-order valence-corrected chi connectivity index (χ1v) is 11.5.